The van der Waals surface area contributed by atoms with Crippen molar-refractivity contribution in [3.05, 3.63) is 0 Å². The zero-order chi connectivity index (χ0) is 11.4. The average Bonchev–Trinajstić information content (AvgIpc) is 3.11. The van der Waals surface area contributed by atoms with Gasteiger partial charge in [-0.25, -0.2) is 0 Å². The Hall–Kier alpha value is -0.120. The normalized spacial score (nSPS) is 25.9. The predicted octanol–water partition coefficient (Wildman–Crippen LogP) is 2.12. The maximum Gasteiger partial charge on any atom is 0.146 e. The molecule has 1 saturated carbocycles. The van der Waals surface area contributed by atoms with Gasteiger partial charge in [0.25, 0.3) is 0 Å². The first-order valence-electron chi connectivity index (χ1n) is 6.62. The molecule has 0 aromatic rings. The van der Waals surface area contributed by atoms with Gasteiger partial charge in [0, 0.05) is 13.7 Å². The Morgan fingerprint density at radius 3 is 2.44 bits per heavy atom. The SMILES string of the molecule is COCOC(C)C1CCN(CC2CC2)CC1. The summed E-state index contributed by atoms with van der Waals surface area (Å²) in [5.41, 5.74) is 0. The van der Waals surface area contributed by atoms with Crippen molar-refractivity contribution in [1.29, 1.82) is 0 Å². The van der Waals surface area contributed by atoms with E-state index in [0.717, 1.165) is 11.8 Å². The highest BCUT2D eigenvalue weighted by molar-refractivity contribution is 4.81. The van der Waals surface area contributed by atoms with E-state index in [1.165, 1.54) is 45.3 Å². The zero-order valence-electron chi connectivity index (χ0n) is 10.7. The standard InChI is InChI=1S/C13H25NO2/c1-11(16-10-15-2)13-5-7-14(8-6-13)9-12-3-4-12/h11-13H,3-10H2,1-2H3. The summed E-state index contributed by atoms with van der Waals surface area (Å²) in [4.78, 5) is 2.64. The van der Waals surface area contributed by atoms with E-state index in [-0.39, 0.29) is 0 Å². The number of ether oxygens (including phenoxy) is 2. The summed E-state index contributed by atoms with van der Waals surface area (Å²) in [6, 6.07) is 0. The highest BCUT2D eigenvalue weighted by Gasteiger charge is 2.28. The number of hydrogen-bond donors (Lipinski definition) is 0. The van der Waals surface area contributed by atoms with Gasteiger partial charge in [-0.1, -0.05) is 0 Å². The van der Waals surface area contributed by atoms with Crippen molar-refractivity contribution in [2.45, 2.75) is 38.7 Å². The Bertz CT molecular complexity index is 198. The van der Waals surface area contributed by atoms with E-state index in [1.807, 2.05) is 0 Å². The van der Waals surface area contributed by atoms with Crippen molar-refractivity contribution in [2.24, 2.45) is 11.8 Å². The predicted molar refractivity (Wildman–Crippen MR) is 64.3 cm³/mol. The van der Waals surface area contributed by atoms with Crippen LogP contribution in [0.4, 0.5) is 0 Å². The van der Waals surface area contributed by atoms with Gasteiger partial charge in [-0.3, -0.25) is 0 Å². The molecule has 0 aromatic carbocycles. The van der Waals surface area contributed by atoms with Crippen LogP contribution in [0.1, 0.15) is 32.6 Å². The van der Waals surface area contributed by atoms with Gasteiger partial charge in [0.2, 0.25) is 0 Å². The summed E-state index contributed by atoms with van der Waals surface area (Å²) in [6.07, 6.45) is 5.86. The first-order valence-corrected chi connectivity index (χ1v) is 6.62. The van der Waals surface area contributed by atoms with Crippen LogP contribution < -0.4 is 0 Å². The Morgan fingerprint density at radius 2 is 1.88 bits per heavy atom. The van der Waals surface area contributed by atoms with Crippen molar-refractivity contribution in [1.82, 2.24) is 4.90 Å². The van der Waals surface area contributed by atoms with Gasteiger partial charge >= 0.3 is 0 Å². The molecule has 16 heavy (non-hydrogen) atoms. The van der Waals surface area contributed by atoms with Gasteiger partial charge in [0.15, 0.2) is 0 Å². The van der Waals surface area contributed by atoms with E-state index in [9.17, 15) is 0 Å². The van der Waals surface area contributed by atoms with Crippen LogP contribution in [0.25, 0.3) is 0 Å². The molecule has 1 aliphatic carbocycles. The summed E-state index contributed by atoms with van der Waals surface area (Å²) >= 11 is 0. The van der Waals surface area contributed by atoms with Gasteiger partial charge < -0.3 is 14.4 Å². The third kappa shape index (κ3) is 3.72. The second kappa shape index (κ2) is 5.99. The van der Waals surface area contributed by atoms with E-state index in [4.69, 9.17) is 9.47 Å². The van der Waals surface area contributed by atoms with Crippen LogP contribution in [0.2, 0.25) is 0 Å². The Kier molecular flexibility index (Phi) is 4.62. The van der Waals surface area contributed by atoms with Crippen LogP contribution >= 0.6 is 0 Å². The molecular formula is C13H25NO2. The second-order valence-corrected chi connectivity index (χ2v) is 5.36. The molecule has 0 amide bonds. The molecule has 1 saturated heterocycles. The van der Waals surface area contributed by atoms with Crippen LogP contribution in [0.15, 0.2) is 0 Å². The molecule has 0 spiro atoms. The fourth-order valence-electron chi connectivity index (χ4n) is 2.58. The maximum absolute atomic E-state index is 5.62. The summed E-state index contributed by atoms with van der Waals surface area (Å²) in [5.74, 6) is 1.75. The van der Waals surface area contributed by atoms with E-state index in [2.05, 4.69) is 11.8 Å². The summed E-state index contributed by atoms with van der Waals surface area (Å²) < 4.78 is 10.6. The number of methoxy groups -OCH3 is 1. The zero-order valence-corrected chi connectivity index (χ0v) is 10.7. The van der Waals surface area contributed by atoms with Gasteiger partial charge in [-0.05, 0) is 57.5 Å². The molecule has 0 radical (unpaired) electrons. The molecule has 2 aliphatic rings. The van der Waals surface area contributed by atoms with Crippen molar-refractivity contribution in [3.8, 4) is 0 Å². The first-order chi connectivity index (χ1) is 7.79. The molecule has 3 nitrogen and oxygen atoms in total. The van der Waals surface area contributed by atoms with Crippen LogP contribution in [-0.2, 0) is 9.47 Å². The molecule has 1 unspecified atom stereocenters. The Labute approximate surface area is 99.1 Å². The lowest BCUT2D eigenvalue weighted by atomic mass is 9.92. The third-order valence-electron chi connectivity index (χ3n) is 3.96. The number of likely N-dealkylation sites (tertiary alicyclic amines) is 1. The number of piperidine rings is 1. The third-order valence-corrected chi connectivity index (χ3v) is 3.96. The minimum absolute atomic E-state index is 0.350. The first kappa shape index (κ1) is 12.3. The Morgan fingerprint density at radius 1 is 1.19 bits per heavy atom. The maximum atomic E-state index is 5.62. The molecule has 2 rings (SSSR count). The lowest BCUT2D eigenvalue weighted by Gasteiger charge is -2.34. The van der Waals surface area contributed by atoms with Crippen LogP contribution in [0.3, 0.4) is 0 Å². The molecule has 0 N–H and O–H groups in total. The van der Waals surface area contributed by atoms with E-state index < -0.39 is 0 Å². The lowest BCUT2D eigenvalue weighted by Crippen LogP contribution is -2.38. The monoisotopic (exact) mass is 227 g/mol. The molecule has 1 aliphatic heterocycles. The minimum atomic E-state index is 0.350. The number of rotatable bonds is 6. The van der Waals surface area contributed by atoms with Crippen LogP contribution in [-0.4, -0.2) is 44.5 Å². The molecule has 2 fully saturated rings. The number of hydrogen-bond acceptors (Lipinski definition) is 3. The van der Waals surface area contributed by atoms with E-state index in [1.54, 1.807) is 7.11 Å². The van der Waals surface area contributed by atoms with Crippen LogP contribution in [0.5, 0.6) is 0 Å². The van der Waals surface area contributed by atoms with Gasteiger partial charge in [0.05, 0.1) is 6.10 Å². The van der Waals surface area contributed by atoms with Gasteiger partial charge in [0.1, 0.15) is 6.79 Å². The molecular weight excluding hydrogens is 202 g/mol. The quantitative estimate of drug-likeness (QED) is 0.649. The summed E-state index contributed by atoms with van der Waals surface area (Å²) in [6.45, 7) is 6.49. The molecule has 0 aromatic heterocycles. The van der Waals surface area contributed by atoms with E-state index >= 15 is 0 Å². The summed E-state index contributed by atoms with van der Waals surface area (Å²) in [7, 11) is 1.69. The fraction of sp³-hybridized carbons (Fsp3) is 1.00. The average molecular weight is 227 g/mol. The fourth-order valence-corrected chi connectivity index (χ4v) is 2.58. The Balaban J connectivity index is 1.63. The summed E-state index contributed by atoms with van der Waals surface area (Å²) in [5, 5.41) is 0. The lowest BCUT2D eigenvalue weighted by molar-refractivity contribution is -0.0914. The van der Waals surface area contributed by atoms with Crippen molar-refractivity contribution in [3.63, 3.8) is 0 Å². The molecule has 1 heterocycles. The molecule has 3 heteroatoms. The second-order valence-electron chi connectivity index (χ2n) is 5.36. The van der Waals surface area contributed by atoms with Gasteiger partial charge in [-0.2, -0.15) is 0 Å². The van der Waals surface area contributed by atoms with Gasteiger partial charge in [-0.15, -0.1) is 0 Å². The molecule has 1 atom stereocenters. The van der Waals surface area contributed by atoms with E-state index in [0.29, 0.717) is 12.9 Å². The minimum Gasteiger partial charge on any atom is -0.359 e. The molecule has 0 bridgehead atoms. The highest BCUT2D eigenvalue weighted by atomic mass is 16.7. The smallest absolute Gasteiger partial charge is 0.146 e. The van der Waals surface area contributed by atoms with Crippen LogP contribution in [0, 0.1) is 11.8 Å². The van der Waals surface area contributed by atoms with Crippen molar-refractivity contribution < 1.29 is 9.47 Å². The van der Waals surface area contributed by atoms with Crippen molar-refractivity contribution >= 4 is 0 Å². The highest BCUT2D eigenvalue weighted by Crippen LogP contribution is 2.31. The van der Waals surface area contributed by atoms with Crippen molar-refractivity contribution in [2.75, 3.05) is 33.5 Å². The number of nitrogens with zero attached hydrogens (tertiary/aromatic N) is 1. The molecule has 94 valence electrons. The topological polar surface area (TPSA) is 21.7 Å². The largest absolute Gasteiger partial charge is 0.359 e.